The summed E-state index contributed by atoms with van der Waals surface area (Å²) >= 11 is 0. The van der Waals surface area contributed by atoms with Crippen LogP contribution in [-0.4, -0.2) is 43.9 Å². The fourth-order valence-electron chi connectivity index (χ4n) is 1.50. The molecule has 1 amide bonds. The monoisotopic (exact) mass is 279 g/mol. The fraction of sp³-hybridized carbons (Fsp3) is 0.800. The Morgan fingerprint density at radius 2 is 2.00 bits per heavy atom. The zero-order valence-corrected chi connectivity index (χ0v) is 11.7. The number of rotatable bonds is 7. The van der Waals surface area contributed by atoms with E-state index in [4.69, 9.17) is 10.9 Å². The number of nitrogens with one attached hydrogen (secondary N) is 1. The Morgan fingerprint density at radius 3 is 2.39 bits per heavy atom. The Morgan fingerprint density at radius 1 is 1.44 bits per heavy atom. The SMILES string of the molecule is CC(C)C(C(=O)NCCCS(C)(=O)=O)C(N)=NO. The third-order valence-corrected chi connectivity index (χ3v) is 3.40. The first kappa shape index (κ1) is 16.7. The number of nitrogens with two attached hydrogens (primary N) is 1. The standard InChI is InChI=1S/C10H21N3O4S/c1-7(2)8(9(11)13-15)10(14)12-5-4-6-18(3,16)17/h7-8,15H,4-6H2,1-3H3,(H2,11,13)(H,12,14). The molecule has 18 heavy (non-hydrogen) atoms. The lowest BCUT2D eigenvalue weighted by molar-refractivity contribution is -0.124. The summed E-state index contributed by atoms with van der Waals surface area (Å²) < 4.78 is 21.8. The molecule has 0 aliphatic heterocycles. The second-order valence-corrected chi connectivity index (χ2v) is 6.78. The average molecular weight is 279 g/mol. The molecule has 4 N–H and O–H groups in total. The van der Waals surface area contributed by atoms with E-state index in [2.05, 4.69) is 10.5 Å². The highest BCUT2D eigenvalue weighted by atomic mass is 32.2. The Bertz CT molecular complexity index is 403. The van der Waals surface area contributed by atoms with Gasteiger partial charge >= 0.3 is 0 Å². The van der Waals surface area contributed by atoms with E-state index in [9.17, 15) is 13.2 Å². The summed E-state index contributed by atoms with van der Waals surface area (Å²) in [5, 5.41) is 14.0. The van der Waals surface area contributed by atoms with Crippen LogP contribution in [0.1, 0.15) is 20.3 Å². The molecule has 0 aliphatic carbocycles. The van der Waals surface area contributed by atoms with Crippen molar-refractivity contribution in [1.82, 2.24) is 5.32 Å². The molecule has 0 aromatic heterocycles. The van der Waals surface area contributed by atoms with E-state index in [1.165, 1.54) is 0 Å². The van der Waals surface area contributed by atoms with E-state index in [-0.39, 0.29) is 30.0 Å². The second kappa shape index (κ2) is 7.20. The molecule has 0 rings (SSSR count). The fourth-order valence-corrected chi connectivity index (χ4v) is 2.17. The van der Waals surface area contributed by atoms with Crippen LogP contribution in [0, 0.1) is 11.8 Å². The molecule has 0 aromatic rings. The van der Waals surface area contributed by atoms with Gasteiger partial charge in [0.2, 0.25) is 5.91 Å². The largest absolute Gasteiger partial charge is 0.409 e. The average Bonchev–Trinajstić information content (AvgIpc) is 2.22. The van der Waals surface area contributed by atoms with Crippen molar-refractivity contribution in [1.29, 1.82) is 0 Å². The second-order valence-electron chi connectivity index (χ2n) is 4.52. The van der Waals surface area contributed by atoms with Crippen LogP contribution in [0.4, 0.5) is 0 Å². The van der Waals surface area contributed by atoms with Crippen molar-refractivity contribution in [2.45, 2.75) is 20.3 Å². The van der Waals surface area contributed by atoms with E-state index < -0.39 is 15.8 Å². The minimum atomic E-state index is -3.02. The smallest absolute Gasteiger partial charge is 0.231 e. The number of oxime groups is 1. The van der Waals surface area contributed by atoms with E-state index in [1.807, 2.05) is 0 Å². The number of carbonyl (C=O) groups is 1. The van der Waals surface area contributed by atoms with Crippen LogP contribution in [0.3, 0.4) is 0 Å². The zero-order valence-electron chi connectivity index (χ0n) is 10.9. The van der Waals surface area contributed by atoms with Gasteiger partial charge in [-0.05, 0) is 12.3 Å². The number of hydrogen-bond donors (Lipinski definition) is 3. The molecule has 0 aliphatic rings. The molecule has 0 fully saturated rings. The summed E-state index contributed by atoms with van der Waals surface area (Å²) in [5.41, 5.74) is 5.44. The maximum atomic E-state index is 11.8. The molecular weight excluding hydrogens is 258 g/mol. The van der Waals surface area contributed by atoms with Crippen LogP contribution in [0.25, 0.3) is 0 Å². The summed E-state index contributed by atoms with van der Waals surface area (Å²) in [5.74, 6) is -1.33. The molecule has 0 radical (unpaired) electrons. The van der Waals surface area contributed by atoms with Crippen LogP contribution in [0.15, 0.2) is 5.16 Å². The molecule has 106 valence electrons. The van der Waals surface area contributed by atoms with Crippen LogP contribution in [-0.2, 0) is 14.6 Å². The third-order valence-electron chi connectivity index (χ3n) is 2.37. The summed E-state index contributed by atoms with van der Waals surface area (Å²) in [4.78, 5) is 11.8. The molecule has 0 spiro atoms. The van der Waals surface area contributed by atoms with Crippen molar-refractivity contribution in [2.75, 3.05) is 18.6 Å². The number of carbonyl (C=O) groups excluding carboxylic acids is 1. The summed E-state index contributed by atoms with van der Waals surface area (Å²) in [6.07, 6.45) is 1.48. The van der Waals surface area contributed by atoms with Gasteiger partial charge in [0.25, 0.3) is 0 Å². The van der Waals surface area contributed by atoms with Gasteiger partial charge in [0.1, 0.15) is 15.8 Å². The first-order valence-corrected chi connectivity index (χ1v) is 7.68. The van der Waals surface area contributed by atoms with E-state index in [1.54, 1.807) is 13.8 Å². The lowest BCUT2D eigenvalue weighted by Crippen LogP contribution is -2.42. The van der Waals surface area contributed by atoms with Crippen molar-refractivity contribution >= 4 is 21.6 Å². The Balaban J connectivity index is 4.29. The Labute approximate surface area is 107 Å². The Kier molecular flexibility index (Phi) is 6.67. The molecular formula is C10H21N3O4S. The number of nitrogens with zero attached hydrogens (tertiary/aromatic N) is 1. The van der Waals surface area contributed by atoms with Gasteiger partial charge in [0.15, 0.2) is 5.84 Å². The number of hydrogen-bond acceptors (Lipinski definition) is 5. The van der Waals surface area contributed by atoms with E-state index in [0.29, 0.717) is 6.42 Å². The first-order chi connectivity index (χ1) is 8.19. The molecule has 0 aromatic carbocycles. The number of amides is 1. The van der Waals surface area contributed by atoms with Gasteiger partial charge in [-0.15, -0.1) is 0 Å². The zero-order chi connectivity index (χ0) is 14.3. The highest BCUT2D eigenvalue weighted by Crippen LogP contribution is 2.11. The van der Waals surface area contributed by atoms with E-state index >= 15 is 0 Å². The highest BCUT2D eigenvalue weighted by Gasteiger charge is 2.26. The predicted molar refractivity (Wildman–Crippen MR) is 69.1 cm³/mol. The minimum absolute atomic E-state index is 0.0171. The molecule has 0 saturated heterocycles. The van der Waals surface area contributed by atoms with Crippen LogP contribution in [0.2, 0.25) is 0 Å². The lowest BCUT2D eigenvalue weighted by atomic mass is 9.94. The number of sulfone groups is 1. The van der Waals surface area contributed by atoms with Crippen molar-refractivity contribution in [2.24, 2.45) is 22.7 Å². The summed E-state index contributed by atoms with van der Waals surface area (Å²) in [6, 6.07) is 0. The summed E-state index contributed by atoms with van der Waals surface area (Å²) in [6.45, 7) is 3.80. The molecule has 8 heteroatoms. The molecule has 1 unspecified atom stereocenters. The van der Waals surface area contributed by atoms with E-state index in [0.717, 1.165) is 6.26 Å². The first-order valence-electron chi connectivity index (χ1n) is 5.62. The quantitative estimate of drug-likeness (QED) is 0.192. The van der Waals surface area contributed by atoms with Crippen LogP contribution < -0.4 is 11.1 Å². The van der Waals surface area contributed by atoms with Gasteiger partial charge in [-0.2, -0.15) is 0 Å². The van der Waals surface area contributed by atoms with Crippen molar-refractivity contribution in [3.05, 3.63) is 0 Å². The van der Waals surface area contributed by atoms with Crippen molar-refractivity contribution in [3.63, 3.8) is 0 Å². The highest BCUT2D eigenvalue weighted by molar-refractivity contribution is 7.90. The molecule has 1 atom stereocenters. The Hall–Kier alpha value is -1.31. The van der Waals surface area contributed by atoms with Gasteiger partial charge in [-0.25, -0.2) is 8.42 Å². The lowest BCUT2D eigenvalue weighted by Gasteiger charge is -2.18. The van der Waals surface area contributed by atoms with Gasteiger partial charge in [-0.1, -0.05) is 19.0 Å². The van der Waals surface area contributed by atoms with Gasteiger partial charge in [0, 0.05) is 12.8 Å². The topological polar surface area (TPSA) is 122 Å². The minimum Gasteiger partial charge on any atom is -0.409 e. The van der Waals surface area contributed by atoms with Crippen molar-refractivity contribution < 1.29 is 18.4 Å². The molecule has 7 nitrogen and oxygen atoms in total. The molecule has 0 heterocycles. The van der Waals surface area contributed by atoms with Gasteiger partial charge in [0.05, 0.1) is 5.75 Å². The van der Waals surface area contributed by atoms with Crippen molar-refractivity contribution in [3.8, 4) is 0 Å². The predicted octanol–water partition coefficient (Wildman–Crippen LogP) is -0.444. The summed E-state index contributed by atoms with van der Waals surface area (Å²) in [7, 11) is -3.02. The maximum Gasteiger partial charge on any atom is 0.231 e. The van der Waals surface area contributed by atoms with Gasteiger partial charge < -0.3 is 16.3 Å². The van der Waals surface area contributed by atoms with Gasteiger partial charge in [-0.3, -0.25) is 4.79 Å². The van der Waals surface area contributed by atoms with Crippen LogP contribution >= 0.6 is 0 Å². The third kappa shape index (κ3) is 6.43. The normalized spacial score (nSPS) is 14.6. The number of amidine groups is 1. The molecule has 0 saturated carbocycles. The maximum absolute atomic E-state index is 11.8. The van der Waals surface area contributed by atoms with Crippen LogP contribution in [0.5, 0.6) is 0 Å². The molecule has 0 bridgehead atoms.